The third-order valence-corrected chi connectivity index (χ3v) is 4.05. The van der Waals surface area contributed by atoms with Gasteiger partial charge in [0.25, 0.3) is 0 Å². The maximum absolute atomic E-state index is 6.04. The Balaban J connectivity index is 1.53. The Bertz CT molecular complexity index is 399. The van der Waals surface area contributed by atoms with Crippen molar-refractivity contribution < 1.29 is 9.47 Å². The van der Waals surface area contributed by atoms with Gasteiger partial charge < -0.3 is 15.2 Å². The molecule has 2 N–H and O–H groups in total. The lowest BCUT2D eigenvalue weighted by atomic mass is 9.93. The fourth-order valence-corrected chi connectivity index (χ4v) is 2.87. The SMILES string of the molecule is NC1CCC(OCC2COc3ccccc32)CC1. The second-order valence-electron chi connectivity index (χ2n) is 5.42. The van der Waals surface area contributed by atoms with Crippen LogP contribution in [0.3, 0.4) is 0 Å². The first-order valence-corrected chi connectivity index (χ1v) is 6.92. The molecule has 1 saturated carbocycles. The number of hydrogen-bond acceptors (Lipinski definition) is 3. The Morgan fingerprint density at radius 2 is 1.94 bits per heavy atom. The molecule has 0 aromatic heterocycles. The van der Waals surface area contributed by atoms with Crippen LogP contribution in [0.5, 0.6) is 5.75 Å². The van der Waals surface area contributed by atoms with E-state index in [2.05, 4.69) is 12.1 Å². The van der Waals surface area contributed by atoms with Crippen molar-refractivity contribution in [2.45, 2.75) is 43.7 Å². The van der Waals surface area contributed by atoms with Crippen LogP contribution in [0.15, 0.2) is 24.3 Å². The minimum absolute atomic E-state index is 0.389. The monoisotopic (exact) mass is 247 g/mol. The van der Waals surface area contributed by atoms with E-state index in [9.17, 15) is 0 Å². The van der Waals surface area contributed by atoms with E-state index in [-0.39, 0.29) is 0 Å². The van der Waals surface area contributed by atoms with Crippen molar-refractivity contribution in [2.24, 2.45) is 5.73 Å². The Morgan fingerprint density at radius 1 is 1.17 bits per heavy atom. The van der Waals surface area contributed by atoms with Crippen LogP contribution in [-0.2, 0) is 4.74 Å². The molecular weight excluding hydrogens is 226 g/mol. The highest BCUT2D eigenvalue weighted by Crippen LogP contribution is 2.34. The molecule has 0 spiro atoms. The second-order valence-corrected chi connectivity index (χ2v) is 5.42. The summed E-state index contributed by atoms with van der Waals surface area (Å²) in [6.45, 7) is 1.53. The molecule has 1 atom stereocenters. The van der Waals surface area contributed by atoms with Crippen LogP contribution >= 0.6 is 0 Å². The van der Waals surface area contributed by atoms with E-state index in [0.717, 1.165) is 44.6 Å². The molecule has 1 fully saturated rings. The first-order chi connectivity index (χ1) is 8.83. The van der Waals surface area contributed by atoms with E-state index in [0.29, 0.717) is 18.1 Å². The number of benzene rings is 1. The molecule has 0 bridgehead atoms. The van der Waals surface area contributed by atoms with Crippen LogP contribution in [0.25, 0.3) is 0 Å². The minimum atomic E-state index is 0.389. The number of fused-ring (bicyclic) bond motifs is 1. The van der Waals surface area contributed by atoms with Gasteiger partial charge in [0.15, 0.2) is 0 Å². The average molecular weight is 247 g/mol. The molecule has 3 heteroatoms. The molecule has 0 amide bonds. The van der Waals surface area contributed by atoms with Gasteiger partial charge >= 0.3 is 0 Å². The summed E-state index contributed by atoms with van der Waals surface area (Å²) in [7, 11) is 0. The molecule has 1 aromatic carbocycles. The van der Waals surface area contributed by atoms with Gasteiger partial charge in [-0.05, 0) is 31.7 Å². The zero-order chi connectivity index (χ0) is 12.4. The second kappa shape index (κ2) is 5.29. The predicted octanol–water partition coefficient (Wildman–Crippen LogP) is 2.45. The highest BCUT2D eigenvalue weighted by atomic mass is 16.5. The molecule has 1 aromatic rings. The van der Waals surface area contributed by atoms with Crippen LogP contribution in [0, 0.1) is 0 Å². The maximum atomic E-state index is 6.04. The average Bonchev–Trinajstić information content (AvgIpc) is 2.82. The quantitative estimate of drug-likeness (QED) is 0.892. The molecule has 1 unspecified atom stereocenters. The summed E-state index contributed by atoms with van der Waals surface area (Å²) in [4.78, 5) is 0. The third kappa shape index (κ3) is 2.52. The summed E-state index contributed by atoms with van der Waals surface area (Å²) in [5, 5.41) is 0. The lowest BCUT2D eigenvalue weighted by Crippen LogP contribution is -2.31. The van der Waals surface area contributed by atoms with Gasteiger partial charge in [0.1, 0.15) is 5.75 Å². The molecule has 98 valence electrons. The van der Waals surface area contributed by atoms with Crippen molar-refractivity contribution >= 4 is 0 Å². The molecule has 1 aliphatic heterocycles. The molecule has 2 aliphatic rings. The van der Waals surface area contributed by atoms with Crippen LogP contribution in [0.4, 0.5) is 0 Å². The van der Waals surface area contributed by atoms with Gasteiger partial charge in [-0.15, -0.1) is 0 Å². The van der Waals surface area contributed by atoms with E-state index >= 15 is 0 Å². The molecular formula is C15H21NO2. The number of ether oxygens (including phenoxy) is 2. The topological polar surface area (TPSA) is 44.5 Å². The van der Waals surface area contributed by atoms with Crippen molar-refractivity contribution in [2.75, 3.05) is 13.2 Å². The van der Waals surface area contributed by atoms with Gasteiger partial charge in [0, 0.05) is 17.5 Å². The Hall–Kier alpha value is -1.06. The summed E-state index contributed by atoms with van der Waals surface area (Å²) in [6.07, 6.45) is 4.81. The van der Waals surface area contributed by atoms with E-state index in [4.69, 9.17) is 15.2 Å². The maximum Gasteiger partial charge on any atom is 0.123 e. The fraction of sp³-hybridized carbons (Fsp3) is 0.600. The van der Waals surface area contributed by atoms with Crippen molar-refractivity contribution in [3.63, 3.8) is 0 Å². The van der Waals surface area contributed by atoms with Crippen LogP contribution in [0.2, 0.25) is 0 Å². The standard InChI is InChI=1S/C15H21NO2/c16-12-5-7-13(8-6-12)17-9-11-10-18-15-4-2-1-3-14(11)15/h1-4,11-13H,5-10,16H2. The fourth-order valence-electron chi connectivity index (χ4n) is 2.87. The van der Waals surface area contributed by atoms with Gasteiger partial charge in [0.05, 0.1) is 19.3 Å². The molecule has 3 nitrogen and oxygen atoms in total. The smallest absolute Gasteiger partial charge is 0.123 e. The number of hydrogen-bond donors (Lipinski definition) is 1. The molecule has 0 radical (unpaired) electrons. The summed E-state index contributed by atoms with van der Waals surface area (Å²) in [6, 6.07) is 8.66. The summed E-state index contributed by atoms with van der Waals surface area (Å²) < 4.78 is 11.7. The number of rotatable bonds is 3. The lowest BCUT2D eigenvalue weighted by molar-refractivity contribution is 0.0147. The van der Waals surface area contributed by atoms with Gasteiger partial charge in [-0.1, -0.05) is 18.2 Å². The highest BCUT2D eigenvalue weighted by molar-refractivity contribution is 5.39. The van der Waals surface area contributed by atoms with E-state index in [1.165, 1.54) is 5.56 Å². The Labute approximate surface area is 108 Å². The van der Waals surface area contributed by atoms with Gasteiger partial charge in [-0.25, -0.2) is 0 Å². The predicted molar refractivity (Wildman–Crippen MR) is 70.9 cm³/mol. The third-order valence-electron chi connectivity index (χ3n) is 4.05. The van der Waals surface area contributed by atoms with Crippen molar-refractivity contribution in [1.29, 1.82) is 0 Å². The minimum Gasteiger partial charge on any atom is -0.493 e. The molecule has 3 rings (SSSR count). The van der Waals surface area contributed by atoms with Gasteiger partial charge in [0.2, 0.25) is 0 Å². The normalized spacial score (nSPS) is 30.8. The van der Waals surface area contributed by atoms with E-state index < -0.39 is 0 Å². The van der Waals surface area contributed by atoms with Crippen molar-refractivity contribution in [3.05, 3.63) is 29.8 Å². The summed E-state index contributed by atoms with van der Waals surface area (Å²) in [5.41, 5.74) is 7.20. The lowest BCUT2D eigenvalue weighted by Gasteiger charge is -2.27. The molecule has 1 heterocycles. The number of nitrogens with two attached hydrogens (primary N) is 1. The zero-order valence-electron chi connectivity index (χ0n) is 10.7. The Morgan fingerprint density at radius 3 is 2.78 bits per heavy atom. The molecule has 0 saturated heterocycles. The van der Waals surface area contributed by atoms with E-state index in [1.54, 1.807) is 0 Å². The Kier molecular flexibility index (Phi) is 3.52. The largest absolute Gasteiger partial charge is 0.493 e. The molecule has 18 heavy (non-hydrogen) atoms. The van der Waals surface area contributed by atoms with Gasteiger partial charge in [-0.2, -0.15) is 0 Å². The van der Waals surface area contributed by atoms with Gasteiger partial charge in [-0.3, -0.25) is 0 Å². The highest BCUT2D eigenvalue weighted by Gasteiger charge is 2.26. The van der Waals surface area contributed by atoms with Crippen LogP contribution < -0.4 is 10.5 Å². The van der Waals surface area contributed by atoms with Crippen molar-refractivity contribution in [1.82, 2.24) is 0 Å². The van der Waals surface area contributed by atoms with Crippen molar-refractivity contribution in [3.8, 4) is 5.75 Å². The van der Waals surface area contributed by atoms with E-state index in [1.807, 2.05) is 12.1 Å². The first kappa shape index (κ1) is 12.0. The van der Waals surface area contributed by atoms with Crippen LogP contribution in [-0.4, -0.2) is 25.4 Å². The first-order valence-electron chi connectivity index (χ1n) is 6.92. The van der Waals surface area contributed by atoms with Crippen LogP contribution in [0.1, 0.15) is 37.2 Å². The summed E-state index contributed by atoms with van der Waals surface area (Å²) in [5.74, 6) is 1.42. The number of para-hydroxylation sites is 1. The summed E-state index contributed by atoms with van der Waals surface area (Å²) >= 11 is 0. The molecule has 1 aliphatic carbocycles. The zero-order valence-corrected chi connectivity index (χ0v) is 10.7.